The maximum Gasteiger partial charge on any atom is 0.391 e. The summed E-state index contributed by atoms with van der Waals surface area (Å²) >= 11 is 0. The second kappa shape index (κ2) is 10.6. The van der Waals surface area contributed by atoms with Gasteiger partial charge in [0.25, 0.3) is 0 Å². The minimum Gasteiger partial charge on any atom is -0.372 e. The van der Waals surface area contributed by atoms with Crippen LogP contribution < -0.4 is 15.5 Å². The Morgan fingerprint density at radius 3 is 2.09 bits per heavy atom. The van der Waals surface area contributed by atoms with Crippen molar-refractivity contribution in [3.05, 3.63) is 54.1 Å². The predicted octanol–water partition coefficient (Wildman–Crippen LogP) is 4.69. The standard InChI is InChI=1S/C26H31F3N4O2/c1-2-32-16-13-23(25(32)35)24(34)30-17-18-3-5-20(6-4-18)31-21-7-9-22(10-8-21)33-14-11-19(12-15-33)26(27,28)29/h3-10,19,23,31H,2,11-17H2,1H3,(H,30,34). The van der Waals surface area contributed by atoms with E-state index in [-0.39, 0.29) is 24.7 Å². The molecule has 0 aromatic heterocycles. The van der Waals surface area contributed by atoms with E-state index < -0.39 is 18.0 Å². The summed E-state index contributed by atoms with van der Waals surface area (Å²) in [6.45, 7) is 4.33. The van der Waals surface area contributed by atoms with E-state index in [1.807, 2.05) is 60.4 Å². The zero-order chi connectivity index (χ0) is 25.0. The first-order chi connectivity index (χ1) is 16.7. The molecule has 1 unspecified atom stereocenters. The molecule has 2 aromatic carbocycles. The highest BCUT2D eigenvalue weighted by molar-refractivity contribution is 6.01. The number of alkyl halides is 3. The van der Waals surface area contributed by atoms with Gasteiger partial charge in [0.1, 0.15) is 5.92 Å². The number of hydrogen-bond donors (Lipinski definition) is 2. The lowest BCUT2D eigenvalue weighted by molar-refractivity contribution is -0.179. The minimum atomic E-state index is -4.10. The first kappa shape index (κ1) is 24.9. The molecule has 6 nitrogen and oxygen atoms in total. The molecule has 2 aliphatic rings. The van der Waals surface area contributed by atoms with Gasteiger partial charge in [0, 0.05) is 49.8 Å². The van der Waals surface area contributed by atoms with Gasteiger partial charge in [-0.15, -0.1) is 0 Å². The van der Waals surface area contributed by atoms with Crippen molar-refractivity contribution in [1.82, 2.24) is 10.2 Å². The smallest absolute Gasteiger partial charge is 0.372 e. The lowest BCUT2D eigenvalue weighted by atomic mass is 9.96. The third-order valence-corrected chi connectivity index (χ3v) is 6.90. The summed E-state index contributed by atoms with van der Waals surface area (Å²) in [4.78, 5) is 28.3. The van der Waals surface area contributed by atoms with E-state index in [0.29, 0.717) is 39.1 Å². The van der Waals surface area contributed by atoms with E-state index in [1.165, 1.54) is 0 Å². The van der Waals surface area contributed by atoms with Crippen LogP contribution in [0.2, 0.25) is 0 Å². The summed E-state index contributed by atoms with van der Waals surface area (Å²) in [6.07, 6.45) is -3.28. The molecule has 0 bridgehead atoms. The highest BCUT2D eigenvalue weighted by Gasteiger charge is 2.41. The second-order valence-electron chi connectivity index (χ2n) is 9.15. The average Bonchev–Trinajstić information content (AvgIpc) is 3.24. The predicted molar refractivity (Wildman–Crippen MR) is 129 cm³/mol. The number of anilines is 3. The van der Waals surface area contributed by atoms with Gasteiger partial charge in [-0.1, -0.05) is 12.1 Å². The molecule has 2 aliphatic heterocycles. The van der Waals surface area contributed by atoms with Crippen LogP contribution >= 0.6 is 0 Å². The Morgan fingerprint density at radius 1 is 0.943 bits per heavy atom. The van der Waals surface area contributed by atoms with E-state index in [0.717, 1.165) is 22.6 Å². The number of likely N-dealkylation sites (tertiary alicyclic amines) is 1. The second-order valence-corrected chi connectivity index (χ2v) is 9.15. The lowest BCUT2D eigenvalue weighted by Gasteiger charge is -2.34. The molecule has 0 spiro atoms. The molecule has 0 aliphatic carbocycles. The molecule has 2 N–H and O–H groups in total. The van der Waals surface area contributed by atoms with Crippen LogP contribution in [-0.4, -0.2) is 49.1 Å². The van der Waals surface area contributed by atoms with E-state index in [2.05, 4.69) is 10.6 Å². The Morgan fingerprint density at radius 2 is 1.54 bits per heavy atom. The highest BCUT2D eigenvalue weighted by atomic mass is 19.4. The Balaban J connectivity index is 1.25. The Hall–Kier alpha value is -3.23. The van der Waals surface area contributed by atoms with Crippen LogP contribution in [-0.2, 0) is 16.1 Å². The Labute approximate surface area is 203 Å². The Bertz CT molecular complexity index is 1020. The Kier molecular flexibility index (Phi) is 7.52. The maximum atomic E-state index is 12.9. The molecule has 35 heavy (non-hydrogen) atoms. The van der Waals surface area contributed by atoms with Crippen molar-refractivity contribution in [3.63, 3.8) is 0 Å². The van der Waals surface area contributed by atoms with Gasteiger partial charge in [-0.3, -0.25) is 9.59 Å². The number of nitrogens with zero attached hydrogens (tertiary/aromatic N) is 2. The van der Waals surface area contributed by atoms with Crippen LogP contribution in [0.15, 0.2) is 48.5 Å². The third kappa shape index (κ3) is 6.07. The summed E-state index contributed by atoms with van der Waals surface area (Å²) in [6, 6.07) is 15.3. The largest absolute Gasteiger partial charge is 0.391 e. The quantitative estimate of drug-likeness (QED) is 0.555. The number of rotatable bonds is 7. The van der Waals surface area contributed by atoms with E-state index in [1.54, 1.807) is 4.90 Å². The molecule has 2 fully saturated rings. The molecule has 0 saturated carbocycles. The number of hydrogen-bond acceptors (Lipinski definition) is 4. The molecule has 1 atom stereocenters. The van der Waals surface area contributed by atoms with Crippen LogP contribution in [0.25, 0.3) is 0 Å². The van der Waals surface area contributed by atoms with Gasteiger partial charge in [0.15, 0.2) is 0 Å². The number of amides is 2. The number of carbonyl (C=O) groups is 2. The van der Waals surface area contributed by atoms with Crippen molar-refractivity contribution in [2.45, 2.75) is 38.9 Å². The summed E-state index contributed by atoms with van der Waals surface area (Å²) in [7, 11) is 0. The maximum absolute atomic E-state index is 12.9. The van der Waals surface area contributed by atoms with Crippen molar-refractivity contribution in [1.29, 1.82) is 0 Å². The topological polar surface area (TPSA) is 64.7 Å². The zero-order valence-electron chi connectivity index (χ0n) is 19.8. The van der Waals surface area contributed by atoms with Crippen LogP contribution in [0.5, 0.6) is 0 Å². The van der Waals surface area contributed by atoms with Gasteiger partial charge in [-0.2, -0.15) is 13.2 Å². The molecule has 2 saturated heterocycles. The normalized spacial score (nSPS) is 19.2. The van der Waals surface area contributed by atoms with Gasteiger partial charge in [0.05, 0.1) is 5.92 Å². The number of nitrogens with one attached hydrogen (secondary N) is 2. The van der Waals surface area contributed by atoms with Crippen LogP contribution in [0.3, 0.4) is 0 Å². The fourth-order valence-electron chi connectivity index (χ4n) is 4.70. The molecule has 2 aromatic rings. The summed E-state index contributed by atoms with van der Waals surface area (Å²) < 4.78 is 38.6. The molecule has 188 valence electrons. The fraction of sp³-hybridized carbons (Fsp3) is 0.462. The van der Waals surface area contributed by atoms with Gasteiger partial charge in [-0.05, 0) is 68.1 Å². The lowest BCUT2D eigenvalue weighted by Crippen LogP contribution is -2.38. The number of halogens is 3. The summed E-state index contributed by atoms with van der Waals surface area (Å²) in [5, 5.41) is 6.17. The number of carbonyl (C=O) groups excluding carboxylic acids is 2. The van der Waals surface area contributed by atoms with Crippen molar-refractivity contribution in [2.24, 2.45) is 11.8 Å². The SMILES string of the molecule is CCN1CCC(C(=O)NCc2ccc(Nc3ccc(N4CCC(C(F)(F)F)CC4)cc3)cc2)C1=O. The molecule has 4 rings (SSSR count). The zero-order valence-corrected chi connectivity index (χ0v) is 19.8. The van der Waals surface area contributed by atoms with Crippen molar-refractivity contribution in [2.75, 3.05) is 36.4 Å². The van der Waals surface area contributed by atoms with Crippen molar-refractivity contribution < 1.29 is 22.8 Å². The fourth-order valence-corrected chi connectivity index (χ4v) is 4.70. The van der Waals surface area contributed by atoms with E-state index in [4.69, 9.17) is 0 Å². The molecule has 2 amide bonds. The van der Waals surface area contributed by atoms with Crippen molar-refractivity contribution in [3.8, 4) is 0 Å². The minimum absolute atomic E-state index is 0.0960. The van der Waals surface area contributed by atoms with Gasteiger partial charge >= 0.3 is 6.18 Å². The van der Waals surface area contributed by atoms with Gasteiger partial charge in [0.2, 0.25) is 11.8 Å². The van der Waals surface area contributed by atoms with E-state index >= 15 is 0 Å². The first-order valence-corrected chi connectivity index (χ1v) is 12.1. The number of benzene rings is 2. The summed E-state index contributed by atoms with van der Waals surface area (Å²) in [5.41, 5.74) is 3.60. The van der Waals surface area contributed by atoms with Crippen LogP contribution in [0, 0.1) is 11.8 Å². The van der Waals surface area contributed by atoms with Crippen LogP contribution in [0.4, 0.5) is 30.2 Å². The molecule has 2 heterocycles. The van der Waals surface area contributed by atoms with E-state index in [9.17, 15) is 22.8 Å². The highest BCUT2D eigenvalue weighted by Crippen LogP contribution is 2.35. The van der Waals surface area contributed by atoms with Crippen LogP contribution in [0.1, 0.15) is 31.7 Å². The monoisotopic (exact) mass is 488 g/mol. The molecular formula is C26H31F3N4O2. The van der Waals surface area contributed by atoms with Gasteiger partial charge in [-0.25, -0.2) is 0 Å². The molecular weight excluding hydrogens is 457 g/mol. The first-order valence-electron chi connectivity index (χ1n) is 12.1. The van der Waals surface area contributed by atoms with Gasteiger partial charge < -0.3 is 20.4 Å². The third-order valence-electron chi connectivity index (χ3n) is 6.90. The average molecular weight is 489 g/mol. The van der Waals surface area contributed by atoms with Crippen molar-refractivity contribution >= 4 is 28.9 Å². The molecule has 0 radical (unpaired) electrons. The number of piperidine rings is 1. The summed E-state index contributed by atoms with van der Waals surface area (Å²) in [5.74, 6) is -2.11. The molecule has 9 heteroatoms.